The quantitative estimate of drug-likeness (QED) is 0.788. The summed E-state index contributed by atoms with van der Waals surface area (Å²) < 4.78 is 37.5. The van der Waals surface area contributed by atoms with Gasteiger partial charge in [0.05, 0.1) is 5.56 Å². The maximum absolute atomic E-state index is 12.5. The lowest BCUT2D eigenvalue weighted by Crippen LogP contribution is -2.48. The minimum atomic E-state index is -4.37. The molecule has 1 aliphatic heterocycles. The molecule has 2 rings (SSSR count). The van der Waals surface area contributed by atoms with Gasteiger partial charge in [0, 0.05) is 38.5 Å². The van der Waals surface area contributed by atoms with Gasteiger partial charge in [0.25, 0.3) is 0 Å². The Kier molecular flexibility index (Phi) is 4.73. The highest BCUT2D eigenvalue weighted by Gasteiger charge is 2.31. The second-order valence-corrected chi connectivity index (χ2v) is 5.44. The van der Waals surface area contributed by atoms with Gasteiger partial charge >= 0.3 is 6.18 Å². The number of piperazine rings is 1. The second-order valence-electron chi connectivity index (χ2n) is 5.44. The normalized spacial score (nSPS) is 15.7. The number of hydrogen-bond acceptors (Lipinski definition) is 3. The zero-order chi connectivity index (χ0) is 16.3. The van der Waals surface area contributed by atoms with E-state index in [0.29, 0.717) is 32.0 Å². The van der Waals surface area contributed by atoms with E-state index in [1.165, 1.54) is 6.07 Å². The molecule has 1 aliphatic rings. The number of carbonyl (C=O) groups excluding carboxylic acids is 1. The highest BCUT2D eigenvalue weighted by atomic mass is 19.4. The Morgan fingerprint density at radius 2 is 1.82 bits per heavy atom. The van der Waals surface area contributed by atoms with Gasteiger partial charge in [0.1, 0.15) is 5.82 Å². The number of nitrogens with zero attached hydrogens (tertiary/aromatic N) is 3. The Bertz CT molecular complexity index is 554. The molecule has 1 fully saturated rings. The van der Waals surface area contributed by atoms with Crippen LogP contribution in [0, 0.1) is 0 Å². The summed E-state index contributed by atoms with van der Waals surface area (Å²) in [5.41, 5.74) is 0.186. The van der Waals surface area contributed by atoms with E-state index >= 15 is 0 Å². The van der Waals surface area contributed by atoms with Crippen molar-refractivity contribution in [2.45, 2.75) is 20.0 Å². The third kappa shape index (κ3) is 3.99. The van der Waals surface area contributed by atoms with Crippen LogP contribution in [0.4, 0.5) is 19.0 Å². The molecule has 0 bridgehead atoms. The topological polar surface area (TPSA) is 36.4 Å². The summed E-state index contributed by atoms with van der Waals surface area (Å²) in [6, 6.07) is 2.40. The average Bonchev–Trinajstić information content (AvgIpc) is 2.46. The second kappa shape index (κ2) is 6.37. The summed E-state index contributed by atoms with van der Waals surface area (Å²) in [7, 11) is 0. The third-order valence-electron chi connectivity index (χ3n) is 3.40. The smallest absolute Gasteiger partial charge is 0.353 e. The van der Waals surface area contributed by atoms with E-state index < -0.39 is 11.7 Å². The van der Waals surface area contributed by atoms with Crippen molar-refractivity contribution in [2.24, 2.45) is 0 Å². The fourth-order valence-electron chi connectivity index (χ4n) is 2.23. The molecule has 0 radical (unpaired) electrons. The van der Waals surface area contributed by atoms with E-state index in [0.717, 1.165) is 17.8 Å². The lowest BCUT2D eigenvalue weighted by molar-refractivity contribution is -0.137. The molecular weight excluding hydrogens is 295 g/mol. The van der Waals surface area contributed by atoms with E-state index in [2.05, 4.69) is 4.98 Å². The number of alkyl halides is 3. The van der Waals surface area contributed by atoms with Gasteiger partial charge in [-0.2, -0.15) is 13.2 Å². The fourth-order valence-corrected chi connectivity index (χ4v) is 2.23. The van der Waals surface area contributed by atoms with Crippen LogP contribution < -0.4 is 4.90 Å². The summed E-state index contributed by atoms with van der Waals surface area (Å²) in [5.74, 6) is 0.474. The lowest BCUT2D eigenvalue weighted by atomic mass is 10.2. The number of allylic oxidation sites excluding steroid dienone is 1. The number of hydrogen-bond donors (Lipinski definition) is 0. The first-order chi connectivity index (χ1) is 10.3. The molecule has 7 heteroatoms. The molecule has 1 aromatic rings. The molecule has 0 atom stereocenters. The summed E-state index contributed by atoms with van der Waals surface area (Å²) in [6.45, 7) is 5.90. The Balaban J connectivity index is 1.97. The minimum Gasteiger partial charge on any atom is -0.353 e. The minimum absolute atomic E-state index is 0.0278. The van der Waals surface area contributed by atoms with Crippen LogP contribution in [0.1, 0.15) is 19.4 Å². The van der Waals surface area contributed by atoms with Crippen molar-refractivity contribution in [3.8, 4) is 0 Å². The van der Waals surface area contributed by atoms with Crippen LogP contribution in [0.2, 0.25) is 0 Å². The van der Waals surface area contributed by atoms with E-state index in [-0.39, 0.29) is 5.91 Å². The van der Waals surface area contributed by atoms with E-state index in [9.17, 15) is 18.0 Å². The molecular formula is C15H18F3N3O. The fraction of sp³-hybridized carbons (Fsp3) is 0.467. The number of anilines is 1. The van der Waals surface area contributed by atoms with Crippen molar-refractivity contribution >= 4 is 11.7 Å². The van der Waals surface area contributed by atoms with Crippen molar-refractivity contribution in [2.75, 3.05) is 31.1 Å². The van der Waals surface area contributed by atoms with Gasteiger partial charge in [0.2, 0.25) is 5.91 Å². The molecule has 0 saturated carbocycles. The zero-order valence-electron chi connectivity index (χ0n) is 12.5. The highest BCUT2D eigenvalue weighted by Crippen LogP contribution is 2.29. The van der Waals surface area contributed by atoms with Crippen LogP contribution >= 0.6 is 0 Å². The van der Waals surface area contributed by atoms with Gasteiger partial charge in [-0.25, -0.2) is 4.98 Å². The monoisotopic (exact) mass is 313 g/mol. The first kappa shape index (κ1) is 16.3. The number of amides is 1. The highest BCUT2D eigenvalue weighted by molar-refractivity contribution is 5.88. The lowest BCUT2D eigenvalue weighted by Gasteiger charge is -2.35. The van der Waals surface area contributed by atoms with Crippen molar-refractivity contribution in [1.29, 1.82) is 0 Å². The SMILES string of the molecule is CC(C)=CC(=O)N1CCN(c2ccc(C(F)(F)F)cn2)CC1. The molecule has 0 aromatic carbocycles. The van der Waals surface area contributed by atoms with Crippen molar-refractivity contribution < 1.29 is 18.0 Å². The predicted octanol–water partition coefficient (Wildman–Crippen LogP) is 2.72. The third-order valence-corrected chi connectivity index (χ3v) is 3.40. The summed E-state index contributed by atoms with van der Waals surface area (Å²) in [4.78, 5) is 19.4. The van der Waals surface area contributed by atoms with E-state index in [1.807, 2.05) is 18.7 Å². The van der Waals surface area contributed by atoms with Gasteiger partial charge in [-0.1, -0.05) is 5.57 Å². The van der Waals surface area contributed by atoms with Crippen LogP contribution in [0.3, 0.4) is 0 Å². The van der Waals surface area contributed by atoms with Crippen LogP contribution in [0.5, 0.6) is 0 Å². The molecule has 0 unspecified atom stereocenters. The molecule has 0 spiro atoms. The Hall–Kier alpha value is -2.05. The Labute approximate surface area is 127 Å². The first-order valence-corrected chi connectivity index (χ1v) is 6.99. The van der Waals surface area contributed by atoms with Gasteiger partial charge in [-0.15, -0.1) is 0 Å². The summed E-state index contributed by atoms with van der Waals surface area (Å²) >= 11 is 0. The predicted molar refractivity (Wildman–Crippen MR) is 77.5 cm³/mol. The number of carbonyl (C=O) groups is 1. The maximum atomic E-state index is 12.5. The molecule has 1 saturated heterocycles. The number of pyridine rings is 1. The number of aromatic nitrogens is 1. The van der Waals surface area contributed by atoms with Crippen molar-refractivity contribution in [1.82, 2.24) is 9.88 Å². The summed E-state index contributed by atoms with van der Waals surface area (Å²) in [5, 5.41) is 0. The Morgan fingerprint density at radius 1 is 1.18 bits per heavy atom. The molecule has 1 aromatic heterocycles. The average molecular weight is 313 g/mol. The largest absolute Gasteiger partial charge is 0.417 e. The van der Waals surface area contributed by atoms with Crippen LogP contribution in [-0.4, -0.2) is 42.0 Å². The molecule has 0 aliphatic carbocycles. The first-order valence-electron chi connectivity index (χ1n) is 6.99. The summed E-state index contributed by atoms with van der Waals surface area (Å²) in [6.07, 6.45) is -1.94. The maximum Gasteiger partial charge on any atom is 0.417 e. The molecule has 120 valence electrons. The molecule has 22 heavy (non-hydrogen) atoms. The van der Waals surface area contributed by atoms with E-state index in [4.69, 9.17) is 0 Å². The standard InChI is InChI=1S/C15H18F3N3O/c1-11(2)9-14(22)21-7-5-20(6-8-21)13-4-3-12(10-19-13)15(16,17)18/h3-4,9-10H,5-8H2,1-2H3. The molecule has 2 heterocycles. The van der Waals surface area contributed by atoms with Crippen LogP contribution in [0.15, 0.2) is 30.0 Å². The van der Waals surface area contributed by atoms with Gasteiger partial charge < -0.3 is 9.80 Å². The molecule has 4 nitrogen and oxygen atoms in total. The van der Waals surface area contributed by atoms with Gasteiger partial charge in [-0.05, 0) is 26.0 Å². The van der Waals surface area contributed by atoms with Crippen LogP contribution in [0.25, 0.3) is 0 Å². The van der Waals surface area contributed by atoms with Crippen molar-refractivity contribution in [3.05, 3.63) is 35.5 Å². The zero-order valence-corrected chi connectivity index (χ0v) is 12.5. The van der Waals surface area contributed by atoms with Gasteiger partial charge in [0.15, 0.2) is 0 Å². The molecule has 1 amide bonds. The number of rotatable bonds is 2. The number of halogens is 3. The van der Waals surface area contributed by atoms with Crippen LogP contribution in [-0.2, 0) is 11.0 Å². The van der Waals surface area contributed by atoms with Crippen molar-refractivity contribution in [3.63, 3.8) is 0 Å². The van der Waals surface area contributed by atoms with Gasteiger partial charge in [-0.3, -0.25) is 4.79 Å². The molecule has 0 N–H and O–H groups in total. The Morgan fingerprint density at radius 3 is 2.27 bits per heavy atom. The van der Waals surface area contributed by atoms with E-state index in [1.54, 1.807) is 11.0 Å².